The maximum absolute atomic E-state index is 4.10. The van der Waals surface area contributed by atoms with Gasteiger partial charge in [0.05, 0.1) is 0 Å². The van der Waals surface area contributed by atoms with Crippen LogP contribution in [0.15, 0.2) is 4.99 Å². The molecule has 1 aliphatic heterocycles. The Bertz CT molecular complexity index is 76.6. The van der Waals surface area contributed by atoms with Crippen LogP contribution < -0.4 is 0 Å². The molecule has 0 saturated heterocycles. The Morgan fingerprint density at radius 2 is 2.11 bits per heavy atom. The Labute approximate surface area is 58.2 Å². The molecule has 1 heteroatoms. The second-order valence-electron chi connectivity index (χ2n) is 2.22. The molecule has 0 aliphatic carbocycles. The minimum atomic E-state index is 0.887. The van der Waals surface area contributed by atoms with Gasteiger partial charge in [-0.15, -0.1) is 0 Å². The first kappa shape index (κ1) is 8.67. The highest BCUT2D eigenvalue weighted by Gasteiger charge is 2.01. The normalized spacial score (nSPS) is 24.6. The molecule has 1 rings (SSSR count). The highest BCUT2D eigenvalue weighted by molar-refractivity contribution is 5.58. The van der Waals surface area contributed by atoms with Gasteiger partial charge in [-0.2, -0.15) is 0 Å². The number of nitrogens with zero attached hydrogens (tertiary/aromatic N) is 1. The van der Waals surface area contributed by atoms with Gasteiger partial charge in [0.15, 0.2) is 0 Å². The van der Waals surface area contributed by atoms with E-state index in [-0.39, 0.29) is 0 Å². The predicted octanol–water partition coefficient (Wildman–Crippen LogP) is 2.51. The molecule has 1 atom stereocenters. The van der Waals surface area contributed by atoms with Crippen molar-refractivity contribution >= 4 is 6.21 Å². The Morgan fingerprint density at radius 3 is 2.33 bits per heavy atom. The van der Waals surface area contributed by atoms with Crippen molar-refractivity contribution in [2.75, 3.05) is 6.54 Å². The van der Waals surface area contributed by atoms with E-state index >= 15 is 0 Å². The van der Waals surface area contributed by atoms with Crippen LogP contribution in [-0.2, 0) is 0 Å². The van der Waals surface area contributed by atoms with Crippen LogP contribution in [0.4, 0.5) is 0 Å². The summed E-state index contributed by atoms with van der Waals surface area (Å²) in [6.07, 6.45) is 4.52. The summed E-state index contributed by atoms with van der Waals surface area (Å²) in [6, 6.07) is 0. The first-order chi connectivity index (χ1) is 4.39. The minimum absolute atomic E-state index is 0.887. The SMILES string of the molecule is CC.CC1CC=NCC1. The lowest BCUT2D eigenvalue weighted by atomic mass is 10.0. The van der Waals surface area contributed by atoms with Gasteiger partial charge in [-0.05, 0) is 25.0 Å². The summed E-state index contributed by atoms with van der Waals surface area (Å²) in [5, 5.41) is 0. The van der Waals surface area contributed by atoms with E-state index in [9.17, 15) is 0 Å². The van der Waals surface area contributed by atoms with Gasteiger partial charge in [-0.25, -0.2) is 0 Å². The summed E-state index contributed by atoms with van der Waals surface area (Å²) in [5.74, 6) is 0.887. The molecule has 0 aromatic carbocycles. The van der Waals surface area contributed by atoms with Crippen molar-refractivity contribution in [1.29, 1.82) is 0 Å². The highest BCUT2D eigenvalue weighted by atomic mass is 14.7. The maximum atomic E-state index is 4.10. The van der Waals surface area contributed by atoms with Crippen LogP contribution in [0.5, 0.6) is 0 Å². The van der Waals surface area contributed by atoms with E-state index < -0.39 is 0 Å². The van der Waals surface area contributed by atoms with Crippen LogP contribution in [-0.4, -0.2) is 12.8 Å². The van der Waals surface area contributed by atoms with Crippen LogP contribution in [0, 0.1) is 5.92 Å². The molecule has 54 valence electrons. The molecule has 0 fully saturated rings. The highest BCUT2D eigenvalue weighted by Crippen LogP contribution is 2.08. The van der Waals surface area contributed by atoms with Crippen molar-refractivity contribution in [2.45, 2.75) is 33.6 Å². The fraction of sp³-hybridized carbons (Fsp3) is 0.875. The largest absolute Gasteiger partial charge is 0.298 e. The summed E-state index contributed by atoms with van der Waals surface area (Å²) in [5.41, 5.74) is 0. The summed E-state index contributed by atoms with van der Waals surface area (Å²) < 4.78 is 0. The van der Waals surface area contributed by atoms with Crippen molar-refractivity contribution < 1.29 is 0 Å². The summed E-state index contributed by atoms with van der Waals surface area (Å²) in [6.45, 7) is 7.33. The minimum Gasteiger partial charge on any atom is -0.298 e. The Morgan fingerprint density at radius 1 is 1.44 bits per heavy atom. The Balaban J connectivity index is 0.000000291. The fourth-order valence-electron chi connectivity index (χ4n) is 0.759. The van der Waals surface area contributed by atoms with Crippen molar-refractivity contribution in [3.05, 3.63) is 0 Å². The van der Waals surface area contributed by atoms with Crippen molar-refractivity contribution in [3.63, 3.8) is 0 Å². The maximum Gasteiger partial charge on any atom is 0.0388 e. The molecule has 1 aliphatic rings. The first-order valence-corrected chi connectivity index (χ1v) is 3.88. The molecule has 1 nitrogen and oxygen atoms in total. The summed E-state index contributed by atoms with van der Waals surface area (Å²) >= 11 is 0. The van der Waals surface area contributed by atoms with Crippen LogP contribution in [0.1, 0.15) is 33.6 Å². The molecule has 0 spiro atoms. The molecule has 0 saturated carbocycles. The van der Waals surface area contributed by atoms with Crippen molar-refractivity contribution in [1.82, 2.24) is 0 Å². The lowest BCUT2D eigenvalue weighted by molar-refractivity contribution is 0.548. The topological polar surface area (TPSA) is 12.4 Å². The first-order valence-electron chi connectivity index (χ1n) is 3.88. The third-order valence-corrected chi connectivity index (χ3v) is 1.39. The van der Waals surface area contributed by atoms with Gasteiger partial charge in [0, 0.05) is 6.54 Å². The van der Waals surface area contributed by atoms with E-state index in [0.29, 0.717) is 0 Å². The van der Waals surface area contributed by atoms with Crippen LogP contribution in [0.25, 0.3) is 0 Å². The third-order valence-electron chi connectivity index (χ3n) is 1.39. The zero-order valence-electron chi connectivity index (χ0n) is 6.72. The molecule has 0 aromatic rings. The van der Waals surface area contributed by atoms with E-state index in [1.807, 2.05) is 20.1 Å². The Hall–Kier alpha value is -0.330. The molecular formula is C8H17N. The summed E-state index contributed by atoms with van der Waals surface area (Å²) in [7, 11) is 0. The van der Waals surface area contributed by atoms with Gasteiger partial charge in [0.25, 0.3) is 0 Å². The van der Waals surface area contributed by atoms with E-state index in [2.05, 4.69) is 11.9 Å². The predicted molar refractivity (Wildman–Crippen MR) is 43.1 cm³/mol. The number of aliphatic imine (C=N–C) groups is 1. The van der Waals surface area contributed by atoms with Gasteiger partial charge >= 0.3 is 0 Å². The quantitative estimate of drug-likeness (QED) is 0.474. The van der Waals surface area contributed by atoms with Crippen LogP contribution in [0.2, 0.25) is 0 Å². The average molecular weight is 127 g/mol. The lowest BCUT2D eigenvalue weighted by Crippen LogP contribution is -2.02. The number of hydrogen-bond acceptors (Lipinski definition) is 1. The second kappa shape index (κ2) is 5.80. The van der Waals surface area contributed by atoms with E-state index in [1.54, 1.807) is 0 Å². The molecular weight excluding hydrogens is 110 g/mol. The zero-order valence-corrected chi connectivity index (χ0v) is 6.72. The van der Waals surface area contributed by atoms with Gasteiger partial charge in [-0.1, -0.05) is 20.8 Å². The molecule has 0 radical (unpaired) electrons. The standard InChI is InChI=1S/C6H11N.C2H6/c1-6-2-4-7-5-3-6;1-2/h4,6H,2-3,5H2,1H3;1-2H3. The smallest absolute Gasteiger partial charge is 0.0388 e. The van der Waals surface area contributed by atoms with Gasteiger partial charge in [-0.3, -0.25) is 4.99 Å². The molecule has 0 bridgehead atoms. The second-order valence-corrected chi connectivity index (χ2v) is 2.22. The Kier molecular flexibility index (Phi) is 5.59. The third kappa shape index (κ3) is 4.19. The fourth-order valence-corrected chi connectivity index (χ4v) is 0.759. The molecule has 9 heavy (non-hydrogen) atoms. The van der Waals surface area contributed by atoms with E-state index in [4.69, 9.17) is 0 Å². The molecule has 0 aromatic heterocycles. The summed E-state index contributed by atoms with van der Waals surface area (Å²) in [4.78, 5) is 4.10. The average Bonchev–Trinajstić information content (AvgIpc) is 1.94. The molecule has 1 unspecified atom stereocenters. The van der Waals surface area contributed by atoms with Gasteiger partial charge in [0.1, 0.15) is 0 Å². The molecule has 1 heterocycles. The lowest BCUT2D eigenvalue weighted by Gasteiger charge is -2.09. The van der Waals surface area contributed by atoms with Gasteiger partial charge < -0.3 is 0 Å². The van der Waals surface area contributed by atoms with E-state index in [0.717, 1.165) is 12.5 Å². The number of rotatable bonds is 0. The molecule has 0 amide bonds. The van der Waals surface area contributed by atoms with E-state index in [1.165, 1.54) is 12.8 Å². The zero-order chi connectivity index (χ0) is 7.11. The number of hydrogen-bond donors (Lipinski definition) is 0. The molecule has 0 N–H and O–H groups in total. The van der Waals surface area contributed by atoms with Crippen molar-refractivity contribution in [2.24, 2.45) is 10.9 Å². The van der Waals surface area contributed by atoms with Crippen LogP contribution >= 0.6 is 0 Å². The van der Waals surface area contributed by atoms with Crippen LogP contribution in [0.3, 0.4) is 0 Å². The monoisotopic (exact) mass is 127 g/mol. The van der Waals surface area contributed by atoms with Gasteiger partial charge in [0.2, 0.25) is 0 Å². The van der Waals surface area contributed by atoms with Crippen molar-refractivity contribution in [3.8, 4) is 0 Å².